The molecular formula is C18H19N5O2. The quantitative estimate of drug-likeness (QED) is 0.789. The normalized spacial score (nSPS) is 10.7. The van der Waals surface area contributed by atoms with Crippen molar-refractivity contribution >= 4 is 28.5 Å². The van der Waals surface area contributed by atoms with Gasteiger partial charge in [-0.25, -0.2) is 4.68 Å². The number of nitrogens with zero attached hydrogens (tertiary/aromatic N) is 4. The Hall–Kier alpha value is -3.22. The van der Waals surface area contributed by atoms with Crippen LogP contribution in [0.5, 0.6) is 0 Å². The van der Waals surface area contributed by atoms with Crippen molar-refractivity contribution in [3.8, 4) is 0 Å². The van der Waals surface area contributed by atoms with Crippen molar-refractivity contribution in [3.63, 3.8) is 0 Å². The van der Waals surface area contributed by atoms with Gasteiger partial charge in [0.2, 0.25) is 5.91 Å². The largest absolute Gasteiger partial charge is 0.332 e. The van der Waals surface area contributed by atoms with Crippen LogP contribution in [0.3, 0.4) is 0 Å². The van der Waals surface area contributed by atoms with Gasteiger partial charge in [0.1, 0.15) is 5.52 Å². The van der Waals surface area contributed by atoms with E-state index in [1.807, 2.05) is 31.2 Å². The number of rotatable bonds is 4. The van der Waals surface area contributed by atoms with Gasteiger partial charge < -0.3 is 10.2 Å². The van der Waals surface area contributed by atoms with E-state index in [2.05, 4.69) is 15.6 Å². The van der Waals surface area contributed by atoms with Crippen LogP contribution in [0.25, 0.3) is 11.0 Å². The number of likely N-dealkylation sites (N-methyl/N-ethyl adjacent to an activating group) is 1. The molecule has 0 aliphatic rings. The van der Waals surface area contributed by atoms with Crippen molar-refractivity contribution in [2.24, 2.45) is 7.05 Å². The molecule has 0 bridgehead atoms. The number of benzene rings is 2. The standard InChI is InChI=1S/C18H19N5O2/c1-12-5-4-6-14(9-12)19-17(24)11-22(2)18(25)13-7-8-16-15(10-13)20-21-23(16)3/h4-10H,11H2,1-3H3,(H,19,24). The first kappa shape index (κ1) is 16.6. The van der Waals surface area contributed by atoms with Gasteiger partial charge in [0, 0.05) is 25.3 Å². The summed E-state index contributed by atoms with van der Waals surface area (Å²) in [5.41, 5.74) is 3.73. The fourth-order valence-electron chi connectivity index (χ4n) is 2.60. The van der Waals surface area contributed by atoms with E-state index in [-0.39, 0.29) is 18.4 Å². The van der Waals surface area contributed by atoms with Gasteiger partial charge >= 0.3 is 0 Å². The smallest absolute Gasteiger partial charge is 0.254 e. The third-order valence-electron chi connectivity index (χ3n) is 3.89. The highest BCUT2D eigenvalue weighted by Gasteiger charge is 2.16. The molecule has 0 atom stereocenters. The monoisotopic (exact) mass is 337 g/mol. The minimum absolute atomic E-state index is 0.0364. The summed E-state index contributed by atoms with van der Waals surface area (Å²) >= 11 is 0. The highest BCUT2D eigenvalue weighted by atomic mass is 16.2. The van der Waals surface area contributed by atoms with Crippen molar-refractivity contribution in [2.45, 2.75) is 6.92 Å². The van der Waals surface area contributed by atoms with Gasteiger partial charge in [-0.2, -0.15) is 0 Å². The second-order valence-corrected chi connectivity index (χ2v) is 6.00. The minimum atomic E-state index is -0.248. The van der Waals surface area contributed by atoms with Crippen molar-refractivity contribution < 1.29 is 9.59 Å². The fourth-order valence-corrected chi connectivity index (χ4v) is 2.60. The summed E-state index contributed by atoms with van der Waals surface area (Å²) in [5.74, 6) is -0.492. The van der Waals surface area contributed by atoms with E-state index in [4.69, 9.17) is 0 Å². The molecule has 2 amide bonds. The van der Waals surface area contributed by atoms with Gasteiger partial charge in [-0.15, -0.1) is 5.10 Å². The van der Waals surface area contributed by atoms with Crippen LogP contribution >= 0.6 is 0 Å². The zero-order valence-corrected chi connectivity index (χ0v) is 14.4. The van der Waals surface area contributed by atoms with Crippen LogP contribution in [0, 0.1) is 6.92 Å². The van der Waals surface area contributed by atoms with E-state index in [0.717, 1.165) is 11.1 Å². The van der Waals surface area contributed by atoms with Crippen LogP contribution < -0.4 is 5.32 Å². The first-order valence-corrected chi connectivity index (χ1v) is 7.85. The topological polar surface area (TPSA) is 80.1 Å². The zero-order valence-electron chi connectivity index (χ0n) is 14.4. The number of nitrogens with one attached hydrogen (secondary N) is 1. The van der Waals surface area contributed by atoms with Gasteiger partial charge in [-0.05, 0) is 42.8 Å². The molecule has 0 aliphatic carbocycles. The van der Waals surface area contributed by atoms with Crippen LogP contribution in [-0.2, 0) is 11.8 Å². The van der Waals surface area contributed by atoms with Crippen LogP contribution in [-0.4, -0.2) is 45.3 Å². The molecule has 25 heavy (non-hydrogen) atoms. The summed E-state index contributed by atoms with van der Waals surface area (Å²) < 4.78 is 1.64. The van der Waals surface area contributed by atoms with Crippen molar-refractivity contribution in [1.82, 2.24) is 19.9 Å². The predicted octanol–water partition coefficient (Wildman–Crippen LogP) is 1.99. The number of carbonyl (C=O) groups excluding carboxylic acids is 2. The summed E-state index contributed by atoms with van der Waals surface area (Å²) in [6.45, 7) is 1.92. The molecule has 0 unspecified atom stereocenters. The number of amides is 2. The fraction of sp³-hybridized carbons (Fsp3) is 0.222. The first-order valence-electron chi connectivity index (χ1n) is 7.85. The lowest BCUT2D eigenvalue weighted by Gasteiger charge is -2.17. The summed E-state index contributed by atoms with van der Waals surface area (Å²) in [5, 5.41) is 10.7. The van der Waals surface area contributed by atoms with Crippen LogP contribution in [0.2, 0.25) is 0 Å². The summed E-state index contributed by atoms with van der Waals surface area (Å²) in [6, 6.07) is 12.7. The summed E-state index contributed by atoms with van der Waals surface area (Å²) in [4.78, 5) is 26.1. The molecule has 3 aromatic rings. The summed E-state index contributed by atoms with van der Waals surface area (Å²) in [7, 11) is 3.39. The average molecular weight is 337 g/mol. The Labute approximate surface area is 145 Å². The number of aryl methyl sites for hydroxylation is 2. The highest BCUT2D eigenvalue weighted by molar-refractivity contribution is 6.00. The second-order valence-electron chi connectivity index (χ2n) is 6.00. The Bertz CT molecular complexity index is 948. The number of carbonyl (C=O) groups is 2. The minimum Gasteiger partial charge on any atom is -0.332 e. The highest BCUT2D eigenvalue weighted by Crippen LogP contribution is 2.14. The molecule has 1 heterocycles. The molecule has 0 radical (unpaired) electrons. The third kappa shape index (κ3) is 3.65. The maximum atomic E-state index is 12.5. The second kappa shape index (κ2) is 6.72. The molecule has 2 aromatic carbocycles. The number of hydrogen-bond acceptors (Lipinski definition) is 4. The van der Waals surface area contributed by atoms with Gasteiger partial charge in [0.05, 0.1) is 12.1 Å². The zero-order chi connectivity index (χ0) is 18.0. The lowest BCUT2D eigenvalue weighted by atomic mass is 10.1. The molecular weight excluding hydrogens is 318 g/mol. The number of anilines is 1. The molecule has 7 nitrogen and oxygen atoms in total. The molecule has 0 saturated carbocycles. The Morgan fingerprint density at radius 3 is 2.76 bits per heavy atom. The Balaban J connectivity index is 1.67. The van der Waals surface area contributed by atoms with E-state index in [1.54, 1.807) is 37.0 Å². The Morgan fingerprint density at radius 1 is 1.20 bits per heavy atom. The van der Waals surface area contributed by atoms with Crippen LogP contribution in [0.15, 0.2) is 42.5 Å². The number of hydrogen-bond donors (Lipinski definition) is 1. The molecule has 0 fully saturated rings. The van der Waals surface area contributed by atoms with E-state index >= 15 is 0 Å². The molecule has 3 rings (SSSR count). The predicted molar refractivity (Wildman–Crippen MR) is 95.3 cm³/mol. The molecule has 0 aliphatic heterocycles. The van der Waals surface area contributed by atoms with Crippen molar-refractivity contribution in [3.05, 3.63) is 53.6 Å². The molecule has 0 spiro atoms. The van der Waals surface area contributed by atoms with Gasteiger partial charge in [-0.1, -0.05) is 17.3 Å². The molecule has 0 saturated heterocycles. The van der Waals surface area contributed by atoms with Gasteiger partial charge in [-0.3, -0.25) is 9.59 Å². The first-order chi connectivity index (χ1) is 11.9. The molecule has 1 aromatic heterocycles. The Morgan fingerprint density at radius 2 is 2.00 bits per heavy atom. The third-order valence-corrected chi connectivity index (χ3v) is 3.89. The van der Waals surface area contributed by atoms with E-state index in [1.165, 1.54) is 4.90 Å². The maximum absolute atomic E-state index is 12.5. The number of aromatic nitrogens is 3. The molecule has 128 valence electrons. The van der Waals surface area contributed by atoms with E-state index in [0.29, 0.717) is 16.8 Å². The van der Waals surface area contributed by atoms with Gasteiger partial charge in [0.15, 0.2) is 0 Å². The van der Waals surface area contributed by atoms with Crippen molar-refractivity contribution in [1.29, 1.82) is 0 Å². The van der Waals surface area contributed by atoms with Crippen LogP contribution in [0.1, 0.15) is 15.9 Å². The lowest BCUT2D eigenvalue weighted by Crippen LogP contribution is -2.34. The van der Waals surface area contributed by atoms with Gasteiger partial charge in [0.25, 0.3) is 5.91 Å². The molecule has 7 heteroatoms. The average Bonchev–Trinajstić information content (AvgIpc) is 2.94. The van der Waals surface area contributed by atoms with Crippen LogP contribution in [0.4, 0.5) is 5.69 Å². The maximum Gasteiger partial charge on any atom is 0.254 e. The van der Waals surface area contributed by atoms with E-state index < -0.39 is 0 Å². The SMILES string of the molecule is Cc1cccc(NC(=O)CN(C)C(=O)c2ccc3c(c2)nnn3C)c1. The van der Waals surface area contributed by atoms with Crippen molar-refractivity contribution in [2.75, 3.05) is 18.9 Å². The number of fused-ring (bicyclic) bond motifs is 1. The lowest BCUT2D eigenvalue weighted by molar-refractivity contribution is -0.116. The molecule has 1 N–H and O–H groups in total. The van der Waals surface area contributed by atoms with E-state index in [9.17, 15) is 9.59 Å². The Kier molecular flexibility index (Phi) is 4.47. The summed E-state index contributed by atoms with van der Waals surface area (Å²) in [6.07, 6.45) is 0.